The molecule has 1 fully saturated rings. The van der Waals surface area contributed by atoms with Gasteiger partial charge < -0.3 is 10.6 Å². The van der Waals surface area contributed by atoms with E-state index in [1.807, 2.05) is 0 Å². The van der Waals surface area contributed by atoms with Gasteiger partial charge in [0.2, 0.25) is 0 Å². The fourth-order valence-corrected chi connectivity index (χ4v) is 3.02. The summed E-state index contributed by atoms with van der Waals surface area (Å²) < 4.78 is 0. The molecule has 0 radical (unpaired) electrons. The van der Waals surface area contributed by atoms with Crippen LogP contribution in [-0.4, -0.2) is 42.6 Å². The smallest absolute Gasteiger partial charge is 0.147 e. The van der Waals surface area contributed by atoms with E-state index in [1.165, 1.54) is 32.4 Å². The number of halogens is 2. The highest BCUT2D eigenvalue weighted by atomic mass is 35.5. The van der Waals surface area contributed by atoms with Crippen LogP contribution in [0.1, 0.15) is 26.2 Å². The predicted molar refractivity (Wildman–Crippen MR) is 87.2 cm³/mol. The van der Waals surface area contributed by atoms with Crippen LogP contribution in [0.5, 0.6) is 0 Å². The lowest BCUT2D eigenvalue weighted by Crippen LogP contribution is -2.41. The number of piperidine rings is 1. The Kier molecular flexibility index (Phi) is 5.75. The van der Waals surface area contributed by atoms with Gasteiger partial charge in [-0.05, 0) is 38.9 Å². The number of hydrogen-bond acceptors (Lipinski definition) is 4. The molecule has 0 bridgehead atoms. The highest BCUT2D eigenvalue weighted by Crippen LogP contribution is 2.29. The Hall–Kier alpha value is -0.710. The van der Waals surface area contributed by atoms with Gasteiger partial charge in [-0.2, -0.15) is 0 Å². The summed E-state index contributed by atoms with van der Waals surface area (Å²) in [5, 5.41) is 7.38. The topological polar surface area (TPSA) is 40.2 Å². The molecule has 1 aliphatic heterocycles. The number of likely N-dealkylation sites (tertiary alicyclic amines) is 1. The molecule has 4 nitrogen and oxygen atoms in total. The van der Waals surface area contributed by atoms with Crippen LogP contribution in [-0.2, 0) is 0 Å². The van der Waals surface area contributed by atoms with E-state index in [2.05, 4.69) is 27.4 Å². The molecule has 2 rings (SSSR count). The summed E-state index contributed by atoms with van der Waals surface area (Å²) in [5.74, 6) is 1.33. The van der Waals surface area contributed by atoms with E-state index in [0.29, 0.717) is 27.7 Å². The van der Waals surface area contributed by atoms with E-state index in [0.717, 1.165) is 6.54 Å². The first kappa shape index (κ1) is 15.7. The summed E-state index contributed by atoms with van der Waals surface area (Å²) in [6.07, 6.45) is 3.95. The van der Waals surface area contributed by atoms with Crippen molar-refractivity contribution in [3.63, 3.8) is 0 Å². The quantitative estimate of drug-likeness (QED) is 0.868. The maximum absolute atomic E-state index is 6.18. The number of anilines is 2. The van der Waals surface area contributed by atoms with Crippen LogP contribution < -0.4 is 10.6 Å². The molecule has 1 aromatic heterocycles. The van der Waals surface area contributed by atoms with Crippen molar-refractivity contribution >= 4 is 34.8 Å². The summed E-state index contributed by atoms with van der Waals surface area (Å²) in [5.41, 5.74) is 0. The molecule has 0 saturated carbocycles. The van der Waals surface area contributed by atoms with Crippen molar-refractivity contribution in [1.82, 2.24) is 9.88 Å². The van der Waals surface area contributed by atoms with Crippen molar-refractivity contribution in [1.29, 1.82) is 0 Å². The zero-order chi connectivity index (χ0) is 14.5. The molecule has 0 amide bonds. The first-order chi connectivity index (χ1) is 9.61. The van der Waals surface area contributed by atoms with Crippen LogP contribution in [0.25, 0.3) is 0 Å². The minimum Gasteiger partial charge on any atom is -0.372 e. The van der Waals surface area contributed by atoms with E-state index in [9.17, 15) is 0 Å². The van der Waals surface area contributed by atoms with E-state index < -0.39 is 0 Å². The molecule has 112 valence electrons. The second kappa shape index (κ2) is 7.34. The normalized spacial score (nSPS) is 17.8. The number of aromatic nitrogens is 1. The van der Waals surface area contributed by atoms with Crippen molar-refractivity contribution in [2.45, 2.75) is 32.2 Å². The summed E-state index contributed by atoms with van der Waals surface area (Å²) in [4.78, 5) is 6.92. The molecular weight excluding hydrogens is 295 g/mol. The van der Waals surface area contributed by atoms with E-state index >= 15 is 0 Å². The molecule has 2 heterocycles. The van der Waals surface area contributed by atoms with Gasteiger partial charge in [0.15, 0.2) is 0 Å². The first-order valence-corrected chi connectivity index (χ1v) is 7.89. The number of nitrogens with one attached hydrogen (secondary N) is 2. The van der Waals surface area contributed by atoms with Gasteiger partial charge in [-0.1, -0.05) is 29.6 Å². The van der Waals surface area contributed by atoms with Crippen LogP contribution in [0.3, 0.4) is 0 Å². The molecule has 6 heteroatoms. The van der Waals surface area contributed by atoms with Gasteiger partial charge in [-0.3, -0.25) is 4.90 Å². The number of nitrogens with zero attached hydrogens (tertiary/aromatic N) is 2. The van der Waals surface area contributed by atoms with Gasteiger partial charge in [0.25, 0.3) is 0 Å². The van der Waals surface area contributed by atoms with Gasteiger partial charge in [-0.25, -0.2) is 4.98 Å². The highest BCUT2D eigenvalue weighted by Gasteiger charge is 2.17. The van der Waals surface area contributed by atoms with Crippen LogP contribution in [0.2, 0.25) is 10.0 Å². The minimum absolute atomic E-state index is 0.474. The van der Waals surface area contributed by atoms with Crippen molar-refractivity contribution in [2.75, 3.05) is 37.3 Å². The number of hydrogen-bond donors (Lipinski definition) is 2. The molecule has 1 unspecified atom stereocenters. The van der Waals surface area contributed by atoms with E-state index in [1.54, 1.807) is 13.1 Å². The van der Waals surface area contributed by atoms with E-state index in [-0.39, 0.29) is 0 Å². The third-order valence-electron chi connectivity index (χ3n) is 3.75. The van der Waals surface area contributed by atoms with Crippen molar-refractivity contribution in [2.24, 2.45) is 0 Å². The maximum atomic E-state index is 6.18. The zero-order valence-electron chi connectivity index (χ0n) is 12.0. The zero-order valence-corrected chi connectivity index (χ0v) is 13.6. The Balaban J connectivity index is 1.96. The Labute approximate surface area is 130 Å². The standard InChI is InChI=1S/C14H22Cl2N4/c1-10(20-6-4-3-5-7-20)9-18-14-12(16)8-11(15)13(17-2)19-14/h8,10H,3-7,9H2,1-2H3,(H2,17,18,19). The van der Waals surface area contributed by atoms with Gasteiger partial charge in [0.05, 0.1) is 10.0 Å². The molecule has 20 heavy (non-hydrogen) atoms. The molecule has 1 saturated heterocycles. The summed E-state index contributed by atoms with van der Waals surface area (Å²) >= 11 is 12.2. The second-order valence-corrected chi connectivity index (χ2v) is 6.04. The predicted octanol–water partition coefficient (Wildman–Crippen LogP) is 3.72. The third-order valence-corrected chi connectivity index (χ3v) is 4.32. The lowest BCUT2D eigenvalue weighted by molar-refractivity contribution is 0.180. The maximum Gasteiger partial charge on any atom is 0.147 e. The molecule has 1 aliphatic rings. The molecule has 0 spiro atoms. The fraction of sp³-hybridized carbons (Fsp3) is 0.643. The number of rotatable bonds is 5. The average Bonchev–Trinajstić information content (AvgIpc) is 2.47. The molecule has 2 N–H and O–H groups in total. The minimum atomic E-state index is 0.474. The van der Waals surface area contributed by atoms with Crippen molar-refractivity contribution in [3.8, 4) is 0 Å². The van der Waals surface area contributed by atoms with Gasteiger partial charge in [0, 0.05) is 19.6 Å². The van der Waals surface area contributed by atoms with Crippen LogP contribution in [0, 0.1) is 0 Å². The highest BCUT2D eigenvalue weighted by molar-refractivity contribution is 6.37. The molecule has 0 aliphatic carbocycles. The average molecular weight is 317 g/mol. The monoisotopic (exact) mass is 316 g/mol. The largest absolute Gasteiger partial charge is 0.372 e. The molecule has 1 atom stereocenters. The van der Waals surface area contributed by atoms with Crippen molar-refractivity contribution in [3.05, 3.63) is 16.1 Å². The summed E-state index contributed by atoms with van der Waals surface area (Å²) in [6.45, 7) is 5.44. The van der Waals surface area contributed by atoms with Crippen LogP contribution >= 0.6 is 23.2 Å². The molecular formula is C14H22Cl2N4. The Bertz CT molecular complexity index is 447. The number of pyridine rings is 1. The van der Waals surface area contributed by atoms with Gasteiger partial charge in [-0.15, -0.1) is 0 Å². The van der Waals surface area contributed by atoms with Crippen molar-refractivity contribution < 1.29 is 0 Å². The molecule has 1 aromatic rings. The summed E-state index contributed by atoms with van der Waals surface area (Å²) in [7, 11) is 1.79. The van der Waals surface area contributed by atoms with Gasteiger partial charge in [0.1, 0.15) is 11.6 Å². The third kappa shape index (κ3) is 3.90. The summed E-state index contributed by atoms with van der Waals surface area (Å²) in [6, 6.07) is 2.19. The SMILES string of the molecule is CNc1nc(NCC(C)N2CCCCC2)c(Cl)cc1Cl. The fourth-order valence-electron chi connectivity index (χ4n) is 2.50. The van der Waals surface area contributed by atoms with Gasteiger partial charge >= 0.3 is 0 Å². The molecule has 0 aromatic carbocycles. The lowest BCUT2D eigenvalue weighted by Gasteiger charge is -2.32. The lowest BCUT2D eigenvalue weighted by atomic mass is 10.1. The Morgan fingerprint density at radius 2 is 1.85 bits per heavy atom. The van der Waals surface area contributed by atoms with Crippen LogP contribution in [0.4, 0.5) is 11.6 Å². The first-order valence-electron chi connectivity index (χ1n) is 7.13. The Morgan fingerprint density at radius 3 is 2.50 bits per heavy atom. The van der Waals surface area contributed by atoms with Crippen LogP contribution in [0.15, 0.2) is 6.07 Å². The second-order valence-electron chi connectivity index (χ2n) is 5.23. The Morgan fingerprint density at radius 1 is 1.20 bits per heavy atom. The van der Waals surface area contributed by atoms with E-state index in [4.69, 9.17) is 23.2 Å².